The summed E-state index contributed by atoms with van der Waals surface area (Å²) in [4.78, 5) is 36.5. The average Bonchev–Trinajstić information content (AvgIpc) is 3.52. The molecule has 0 aliphatic carbocycles. The molecule has 6 rings (SSSR count). The molecule has 0 unspecified atom stereocenters. The zero-order valence-electron chi connectivity index (χ0n) is 24.3. The van der Waals surface area contributed by atoms with Crippen LogP contribution >= 0.6 is 11.3 Å². The van der Waals surface area contributed by atoms with Crippen LogP contribution in [0, 0.1) is 38.0 Å². The Labute approximate surface area is 251 Å². The van der Waals surface area contributed by atoms with E-state index in [1.807, 2.05) is 67.3 Å². The number of hydrogen-bond acceptors (Lipinski definition) is 3. The molecular weight excluding hydrogens is 538 g/mol. The van der Waals surface area contributed by atoms with Crippen LogP contribution in [0.25, 0.3) is 0 Å². The summed E-state index contributed by atoms with van der Waals surface area (Å²) in [5.41, 5.74) is 7.12. The van der Waals surface area contributed by atoms with E-state index in [4.69, 9.17) is 6.42 Å². The molecule has 2 aliphatic heterocycles. The van der Waals surface area contributed by atoms with E-state index >= 15 is 0 Å². The Bertz CT molecular complexity index is 1770. The molecule has 5 nitrogen and oxygen atoms in total. The second kappa shape index (κ2) is 11.0. The Kier molecular flexibility index (Phi) is 7.27. The third-order valence-corrected chi connectivity index (χ3v) is 9.68. The summed E-state index contributed by atoms with van der Waals surface area (Å²) in [6.07, 6.45) is 7.06. The quantitative estimate of drug-likeness (QED) is 0.296. The predicted molar refractivity (Wildman–Crippen MR) is 167 cm³/mol. The average molecular weight is 572 g/mol. The van der Waals surface area contributed by atoms with E-state index in [0.717, 1.165) is 34.4 Å². The second-order valence-electron chi connectivity index (χ2n) is 11.3. The monoisotopic (exact) mass is 571 g/mol. The first-order valence-electron chi connectivity index (χ1n) is 14.3. The van der Waals surface area contributed by atoms with Crippen molar-refractivity contribution in [3.8, 4) is 24.2 Å². The molecule has 0 spiro atoms. The van der Waals surface area contributed by atoms with Crippen molar-refractivity contribution < 1.29 is 9.59 Å². The van der Waals surface area contributed by atoms with Gasteiger partial charge < -0.3 is 14.8 Å². The van der Waals surface area contributed by atoms with Gasteiger partial charge in [0.05, 0.1) is 17.8 Å². The number of carbonyl (C=O) groups excluding carboxylic acids is 2. The maximum Gasteiger partial charge on any atom is 0.299 e. The number of aromatic nitrogens is 1. The van der Waals surface area contributed by atoms with E-state index in [1.54, 1.807) is 16.2 Å². The molecule has 0 bridgehead atoms. The van der Waals surface area contributed by atoms with Crippen molar-refractivity contribution in [3.05, 3.63) is 116 Å². The fraction of sp³-hybridized carbons (Fsp3) is 0.278. The number of amides is 2. The normalized spacial score (nSPS) is 21.0. The summed E-state index contributed by atoms with van der Waals surface area (Å²) >= 11 is 1.76. The van der Waals surface area contributed by atoms with E-state index < -0.39 is 0 Å². The topological polar surface area (TPSA) is 56.4 Å². The summed E-state index contributed by atoms with van der Waals surface area (Å²) < 4.78 is 0. The van der Waals surface area contributed by atoms with Crippen molar-refractivity contribution in [3.63, 3.8) is 0 Å². The van der Waals surface area contributed by atoms with E-state index in [2.05, 4.69) is 54.8 Å². The number of aryl methyl sites for hydroxylation is 1. The number of H-pyrrole nitrogens is 1. The summed E-state index contributed by atoms with van der Waals surface area (Å²) in [6, 6.07) is 21.8. The van der Waals surface area contributed by atoms with Gasteiger partial charge in [0.25, 0.3) is 11.8 Å². The van der Waals surface area contributed by atoms with E-state index in [0.29, 0.717) is 12.1 Å². The van der Waals surface area contributed by atoms with Gasteiger partial charge in [-0.05, 0) is 86.3 Å². The summed E-state index contributed by atoms with van der Waals surface area (Å²) in [5, 5.41) is 0. The third-order valence-electron chi connectivity index (χ3n) is 8.54. The summed E-state index contributed by atoms with van der Waals surface area (Å²) in [5.74, 6) is 7.97. The number of thiophene rings is 1. The number of fused-ring (bicyclic) bond motifs is 2. The summed E-state index contributed by atoms with van der Waals surface area (Å²) in [7, 11) is 0. The van der Waals surface area contributed by atoms with Gasteiger partial charge in [0.15, 0.2) is 0 Å². The Morgan fingerprint density at radius 1 is 0.881 bits per heavy atom. The SMILES string of the molecule is C#CC(=O)N1[C@@H](c2ccccc2)c2[nH]c(C#CC(=O)N3[C@@H](c4ccccc4)c4sc(C)cc4C[C@@H]3C)c(C)c2C[C@@H]1C. The van der Waals surface area contributed by atoms with Crippen LogP contribution in [-0.4, -0.2) is 38.7 Å². The highest BCUT2D eigenvalue weighted by atomic mass is 32.1. The molecule has 0 saturated carbocycles. The highest BCUT2D eigenvalue weighted by Gasteiger charge is 2.39. The molecule has 4 atom stereocenters. The van der Waals surface area contributed by atoms with Crippen molar-refractivity contribution in [2.45, 2.75) is 64.7 Å². The van der Waals surface area contributed by atoms with Gasteiger partial charge in [0, 0.05) is 33.5 Å². The minimum atomic E-state index is -0.358. The Morgan fingerprint density at radius 3 is 2.12 bits per heavy atom. The number of carbonyl (C=O) groups is 2. The number of hydrogen-bond donors (Lipinski definition) is 1. The minimum absolute atomic E-state index is 0.00287. The number of aromatic amines is 1. The van der Waals surface area contributed by atoms with E-state index in [9.17, 15) is 9.59 Å². The van der Waals surface area contributed by atoms with Gasteiger partial charge in [-0.1, -0.05) is 60.7 Å². The molecule has 210 valence electrons. The van der Waals surface area contributed by atoms with Crippen LogP contribution in [0.5, 0.6) is 0 Å². The zero-order valence-corrected chi connectivity index (χ0v) is 25.1. The molecule has 4 aromatic rings. The largest absolute Gasteiger partial charge is 0.349 e. The Balaban J connectivity index is 1.39. The molecule has 2 aromatic heterocycles. The molecule has 0 fully saturated rings. The first-order chi connectivity index (χ1) is 20.3. The molecule has 1 N–H and O–H groups in total. The molecule has 2 amide bonds. The lowest BCUT2D eigenvalue weighted by Crippen LogP contribution is -2.45. The molecule has 0 radical (unpaired) electrons. The Hall–Kier alpha value is -4.52. The van der Waals surface area contributed by atoms with E-state index in [-0.39, 0.29) is 36.0 Å². The number of rotatable bonds is 2. The number of benzene rings is 2. The lowest BCUT2D eigenvalue weighted by atomic mass is 9.88. The van der Waals surface area contributed by atoms with Crippen LogP contribution in [0.1, 0.15) is 74.9 Å². The zero-order chi connectivity index (χ0) is 29.5. The van der Waals surface area contributed by atoms with Gasteiger partial charge in [-0.15, -0.1) is 17.8 Å². The molecule has 2 aliphatic rings. The van der Waals surface area contributed by atoms with Crippen molar-refractivity contribution >= 4 is 23.2 Å². The van der Waals surface area contributed by atoms with Gasteiger partial charge in [0.1, 0.15) is 0 Å². The van der Waals surface area contributed by atoms with Crippen LogP contribution in [-0.2, 0) is 22.4 Å². The van der Waals surface area contributed by atoms with Crippen molar-refractivity contribution in [2.75, 3.05) is 0 Å². The minimum Gasteiger partial charge on any atom is -0.349 e. The smallest absolute Gasteiger partial charge is 0.299 e. The highest BCUT2D eigenvalue weighted by molar-refractivity contribution is 7.12. The maximum absolute atomic E-state index is 13.9. The lowest BCUT2D eigenvalue weighted by molar-refractivity contribution is -0.130. The van der Waals surface area contributed by atoms with Crippen molar-refractivity contribution in [1.29, 1.82) is 0 Å². The van der Waals surface area contributed by atoms with Crippen molar-refractivity contribution in [2.24, 2.45) is 0 Å². The first-order valence-corrected chi connectivity index (χ1v) is 15.1. The van der Waals surface area contributed by atoms with Gasteiger partial charge in [-0.2, -0.15) is 0 Å². The van der Waals surface area contributed by atoms with Crippen LogP contribution in [0.3, 0.4) is 0 Å². The fourth-order valence-corrected chi connectivity index (χ4v) is 7.82. The number of nitrogens with zero attached hydrogens (tertiary/aromatic N) is 2. The van der Waals surface area contributed by atoms with Crippen LogP contribution < -0.4 is 0 Å². The lowest BCUT2D eigenvalue weighted by Gasteiger charge is -2.40. The third kappa shape index (κ3) is 4.73. The predicted octanol–water partition coefficient (Wildman–Crippen LogP) is 6.10. The molecule has 4 heterocycles. The van der Waals surface area contributed by atoms with Crippen LogP contribution in [0.2, 0.25) is 0 Å². The molecular formula is C36H33N3O2S. The second-order valence-corrected chi connectivity index (χ2v) is 12.6. The Morgan fingerprint density at radius 2 is 1.48 bits per heavy atom. The standard InChI is InChI=1S/C36H33N3O2S/c1-6-31(40)38-23(3)20-29-25(5)30(37-33(29)34(38)26-13-9-7-10-14-26)17-18-32(41)39-22(2)19-28-21-24(4)42-36(28)35(39)27-15-11-8-12-16-27/h1,7-16,21-23,34-35,37H,19-20H2,2-5H3/t22-,23-,34-,35-/m0/s1. The van der Waals surface area contributed by atoms with Gasteiger partial charge in [-0.3, -0.25) is 9.59 Å². The fourth-order valence-electron chi connectivity index (χ4n) is 6.64. The molecule has 2 aromatic carbocycles. The molecule has 42 heavy (non-hydrogen) atoms. The number of nitrogens with one attached hydrogen (secondary N) is 1. The highest BCUT2D eigenvalue weighted by Crippen LogP contribution is 2.43. The van der Waals surface area contributed by atoms with E-state index in [1.165, 1.54) is 15.3 Å². The van der Waals surface area contributed by atoms with Gasteiger partial charge >= 0.3 is 0 Å². The molecule has 0 saturated heterocycles. The van der Waals surface area contributed by atoms with Crippen LogP contribution in [0.15, 0.2) is 66.7 Å². The van der Waals surface area contributed by atoms with Gasteiger partial charge in [0.2, 0.25) is 0 Å². The first kappa shape index (κ1) is 27.6. The maximum atomic E-state index is 13.9. The van der Waals surface area contributed by atoms with Crippen LogP contribution in [0.4, 0.5) is 0 Å². The summed E-state index contributed by atoms with van der Waals surface area (Å²) in [6.45, 7) is 8.29. The molecule has 6 heteroatoms. The number of terminal acetylenes is 1. The van der Waals surface area contributed by atoms with Crippen molar-refractivity contribution in [1.82, 2.24) is 14.8 Å². The van der Waals surface area contributed by atoms with Gasteiger partial charge in [-0.25, -0.2) is 0 Å².